The molecule has 26 heavy (non-hydrogen) atoms. The van der Waals surface area contributed by atoms with E-state index in [0.29, 0.717) is 5.56 Å². The summed E-state index contributed by atoms with van der Waals surface area (Å²) in [6, 6.07) is 2.69. The maximum Gasteiger partial charge on any atom is 0.419 e. The Labute approximate surface area is 145 Å². The van der Waals surface area contributed by atoms with E-state index >= 15 is 0 Å². The Bertz CT molecular complexity index is 848. The molecule has 0 aromatic heterocycles. The van der Waals surface area contributed by atoms with Crippen LogP contribution < -0.4 is 0 Å². The molecule has 0 radical (unpaired) electrons. The molecule has 0 amide bonds. The van der Waals surface area contributed by atoms with Crippen molar-refractivity contribution in [2.75, 3.05) is 0 Å². The summed E-state index contributed by atoms with van der Waals surface area (Å²) in [4.78, 5) is 10.7. The topological polar surface area (TPSA) is 37.3 Å². The van der Waals surface area contributed by atoms with E-state index in [-0.39, 0.29) is 11.6 Å². The van der Waals surface area contributed by atoms with E-state index < -0.39 is 64.7 Å². The van der Waals surface area contributed by atoms with Crippen molar-refractivity contribution in [2.45, 2.75) is 32.9 Å². The van der Waals surface area contributed by atoms with Gasteiger partial charge in [-0.3, -0.25) is 4.79 Å². The highest BCUT2D eigenvalue weighted by molar-refractivity contribution is 5.72. The molecular formula is C18H14F6O2. The maximum absolute atomic E-state index is 14.7. The van der Waals surface area contributed by atoms with Crippen molar-refractivity contribution < 1.29 is 36.2 Å². The summed E-state index contributed by atoms with van der Waals surface area (Å²) >= 11 is 0. The van der Waals surface area contributed by atoms with Crippen LogP contribution in [0.15, 0.2) is 18.2 Å². The number of carboxylic acid groups (broad SMARTS) is 1. The molecule has 2 rings (SSSR count). The second-order valence-electron chi connectivity index (χ2n) is 5.91. The van der Waals surface area contributed by atoms with Gasteiger partial charge in [0.1, 0.15) is 17.5 Å². The van der Waals surface area contributed by atoms with Crippen molar-refractivity contribution in [1.29, 1.82) is 0 Å². The van der Waals surface area contributed by atoms with Gasteiger partial charge in [0.25, 0.3) is 0 Å². The van der Waals surface area contributed by atoms with E-state index in [1.807, 2.05) is 0 Å². The zero-order chi connectivity index (χ0) is 19.8. The van der Waals surface area contributed by atoms with Gasteiger partial charge in [0.15, 0.2) is 0 Å². The molecule has 2 aromatic carbocycles. The fourth-order valence-corrected chi connectivity index (χ4v) is 2.79. The van der Waals surface area contributed by atoms with E-state index in [4.69, 9.17) is 5.11 Å². The molecular weight excluding hydrogens is 362 g/mol. The van der Waals surface area contributed by atoms with Gasteiger partial charge in [0.2, 0.25) is 0 Å². The lowest BCUT2D eigenvalue weighted by Crippen LogP contribution is -2.14. The van der Waals surface area contributed by atoms with Crippen molar-refractivity contribution >= 4 is 5.97 Å². The summed E-state index contributed by atoms with van der Waals surface area (Å²) in [6.07, 6.45) is -6.72. The zero-order valence-electron chi connectivity index (χ0n) is 13.8. The monoisotopic (exact) mass is 376 g/mol. The number of benzene rings is 2. The van der Waals surface area contributed by atoms with Crippen molar-refractivity contribution in [3.63, 3.8) is 0 Å². The van der Waals surface area contributed by atoms with Gasteiger partial charge in [-0.2, -0.15) is 13.2 Å². The molecule has 0 saturated heterocycles. The SMILES string of the molecule is Cc1cc(C)c(-c2cc(C(F)(F)F)c(F)c(CCC(=O)O)c2F)c(F)c1. The Balaban J connectivity index is 2.82. The number of hydrogen-bond acceptors (Lipinski definition) is 1. The molecule has 140 valence electrons. The van der Waals surface area contributed by atoms with Gasteiger partial charge in [-0.15, -0.1) is 0 Å². The third kappa shape index (κ3) is 3.84. The van der Waals surface area contributed by atoms with Crippen molar-refractivity contribution in [1.82, 2.24) is 0 Å². The van der Waals surface area contributed by atoms with Crippen LogP contribution in [0, 0.1) is 31.3 Å². The molecule has 0 spiro atoms. The average Bonchev–Trinajstić information content (AvgIpc) is 2.46. The molecule has 0 aliphatic rings. The number of rotatable bonds is 4. The lowest BCUT2D eigenvalue weighted by molar-refractivity contribution is -0.140. The molecule has 8 heteroatoms. The molecule has 0 unspecified atom stereocenters. The van der Waals surface area contributed by atoms with Crippen LogP contribution >= 0.6 is 0 Å². The summed E-state index contributed by atoms with van der Waals surface area (Å²) in [5.74, 6) is -5.67. The maximum atomic E-state index is 14.7. The third-order valence-electron chi connectivity index (χ3n) is 3.89. The van der Waals surface area contributed by atoms with E-state index in [2.05, 4.69) is 0 Å². The lowest BCUT2D eigenvalue weighted by Gasteiger charge is -2.17. The van der Waals surface area contributed by atoms with Crippen molar-refractivity contribution in [3.8, 4) is 11.1 Å². The van der Waals surface area contributed by atoms with E-state index in [1.54, 1.807) is 6.92 Å². The fourth-order valence-electron chi connectivity index (χ4n) is 2.79. The first-order chi connectivity index (χ1) is 11.9. The van der Waals surface area contributed by atoms with Crippen LogP contribution in [0.4, 0.5) is 26.3 Å². The smallest absolute Gasteiger partial charge is 0.419 e. The summed E-state index contributed by atoms with van der Waals surface area (Å²) in [5.41, 5.74) is -3.33. The van der Waals surface area contributed by atoms with Gasteiger partial charge < -0.3 is 5.11 Å². The van der Waals surface area contributed by atoms with Gasteiger partial charge in [0, 0.05) is 23.1 Å². The van der Waals surface area contributed by atoms with Crippen LogP contribution in [-0.4, -0.2) is 11.1 Å². The first-order valence-corrected chi connectivity index (χ1v) is 7.50. The van der Waals surface area contributed by atoms with Crippen molar-refractivity contribution in [3.05, 3.63) is 57.9 Å². The fraction of sp³-hybridized carbons (Fsp3) is 0.278. The summed E-state index contributed by atoms with van der Waals surface area (Å²) < 4.78 is 82.7. The average molecular weight is 376 g/mol. The summed E-state index contributed by atoms with van der Waals surface area (Å²) in [5, 5.41) is 8.66. The Kier molecular flexibility index (Phi) is 5.34. The number of hydrogen-bond donors (Lipinski definition) is 1. The van der Waals surface area contributed by atoms with Gasteiger partial charge in [-0.1, -0.05) is 6.07 Å². The molecule has 1 N–H and O–H groups in total. The van der Waals surface area contributed by atoms with Crippen LogP contribution in [0.3, 0.4) is 0 Å². The summed E-state index contributed by atoms with van der Waals surface area (Å²) in [6.45, 7) is 2.94. The van der Waals surface area contributed by atoms with Crippen LogP contribution in [0.25, 0.3) is 11.1 Å². The molecule has 0 fully saturated rings. The van der Waals surface area contributed by atoms with Crippen LogP contribution in [0.2, 0.25) is 0 Å². The number of aryl methyl sites for hydroxylation is 2. The number of aliphatic carboxylic acids is 1. The highest BCUT2D eigenvalue weighted by Crippen LogP contribution is 2.40. The van der Waals surface area contributed by atoms with Gasteiger partial charge >= 0.3 is 12.1 Å². The second-order valence-corrected chi connectivity index (χ2v) is 5.91. The van der Waals surface area contributed by atoms with Gasteiger partial charge in [0.05, 0.1) is 5.56 Å². The molecule has 2 aromatic rings. The molecule has 0 saturated carbocycles. The Morgan fingerprint density at radius 1 is 1.04 bits per heavy atom. The first-order valence-electron chi connectivity index (χ1n) is 7.50. The minimum Gasteiger partial charge on any atom is -0.481 e. The normalized spacial score (nSPS) is 11.7. The molecule has 0 aliphatic heterocycles. The molecule has 0 atom stereocenters. The first kappa shape index (κ1) is 19.8. The second kappa shape index (κ2) is 7.01. The highest BCUT2D eigenvalue weighted by atomic mass is 19.4. The standard InChI is InChI=1S/C18H14F6O2/c1-8-5-9(2)15(13(19)6-8)11-7-12(18(22,23)24)17(21)10(16(11)20)3-4-14(25)26/h5-7H,3-4H2,1-2H3,(H,25,26). The minimum absolute atomic E-state index is 0.172. The van der Waals surface area contributed by atoms with E-state index in [1.165, 1.54) is 13.0 Å². The Morgan fingerprint density at radius 2 is 1.65 bits per heavy atom. The van der Waals surface area contributed by atoms with Crippen molar-refractivity contribution in [2.24, 2.45) is 0 Å². The van der Waals surface area contributed by atoms with Crippen LogP contribution in [-0.2, 0) is 17.4 Å². The minimum atomic E-state index is -5.15. The molecule has 0 heterocycles. The van der Waals surface area contributed by atoms with Gasteiger partial charge in [-0.25, -0.2) is 13.2 Å². The van der Waals surface area contributed by atoms with Crippen LogP contribution in [0.5, 0.6) is 0 Å². The number of carboxylic acids is 1. The number of alkyl halides is 3. The predicted octanol–water partition coefficient (Wildman–Crippen LogP) is 5.42. The predicted molar refractivity (Wildman–Crippen MR) is 82.2 cm³/mol. The van der Waals surface area contributed by atoms with Crippen LogP contribution in [0.1, 0.15) is 28.7 Å². The summed E-state index contributed by atoms with van der Waals surface area (Å²) in [7, 11) is 0. The largest absolute Gasteiger partial charge is 0.481 e. The molecule has 0 bridgehead atoms. The molecule has 2 nitrogen and oxygen atoms in total. The van der Waals surface area contributed by atoms with E-state index in [0.717, 1.165) is 6.07 Å². The number of carbonyl (C=O) groups is 1. The van der Waals surface area contributed by atoms with E-state index in [9.17, 15) is 31.1 Å². The molecule has 0 aliphatic carbocycles. The highest BCUT2D eigenvalue weighted by Gasteiger charge is 2.37. The number of halogens is 6. The Morgan fingerprint density at radius 3 is 2.15 bits per heavy atom. The lowest BCUT2D eigenvalue weighted by atomic mass is 9.92. The quantitative estimate of drug-likeness (QED) is 0.723. The zero-order valence-corrected chi connectivity index (χ0v) is 13.8. The van der Waals surface area contributed by atoms with Gasteiger partial charge in [-0.05, 0) is 43.5 Å². The third-order valence-corrected chi connectivity index (χ3v) is 3.89. The Hall–Kier alpha value is -2.51.